The molecule has 0 N–H and O–H groups in total. The van der Waals surface area contributed by atoms with Crippen molar-refractivity contribution >= 4 is 34.2 Å². The van der Waals surface area contributed by atoms with Crippen LogP contribution in [0.5, 0.6) is 0 Å². The van der Waals surface area contributed by atoms with Gasteiger partial charge in [0.25, 0.3) is 0 Å². The molecule has 0 spiro atoms. The smallest absolute Gasteiger partial charge is 0.339 e. The lowest BCUT2D eigenvalue weighted by Gasteiger charge is -2.33. The molecule has 3 aromatic carbocycles. The van der Waals surface area contributed by atoms with Crippen molar-refractivity contribution in [3.05, 3.63) is 80.8 Å². The third kappa shape index (κ3) is 7.82. The topological polar surface area (TPSA) is 69.7 Å². The molecular formula is C40H49BrO5. The van der Waals surface area contributed by atoms with Crippen molar-refractivity contribution in [2.45, 2.75) is 109 Å². The van der Waals surface area contributed by atoms with E-state index < -0.39 is 11.9 Å². The number of aldehydes is 1. The second kappa shape index (κ2) is 17.1. The average Bonchev–Trinajstić information content (AvgIpc) is 3.35. The van der Waals surface area contributed by atoms with Crippen LogP contribution >= 0.6 is 15.9 Å². The first kappa shape index (κ1) is 35.6. The second-order valence-corrected chi connectivity index (χ2v) is 13.5. The summed E-state index contributed by atoms with van der Waals surface area (Å²) in [4.78, 5) is 37.8. The molecule has 0 unspecified atom stereocenters. The first-order valence-corrected chi connectivity index (χ1v) is 17.9. The van der Waals surface area contributed by atoms with E-state index in [1.54, 1.807) is 12.1 Å². The van der Waals surface area contributed by atoms with E-state index >= 15 is 0 Å². The van der Waals surface area contributed by atoms with E-state index in [9.17, 15) is 14.4 Å². The molecule has 1 aliphatic carbocycles. The molecule has 246 valence electrons. The minimum atomic E-state index is -0.486. The maximum absolute atomic E-state index is 13.0. The average molecular weight is 690 g/mol. The van der Waals surface area contributed by atoms with Gasteiger partial charge < -0.3 is 9.47 Å². The first-order valence-electron chi connectivity index (χ1n) is 17.1. The molecule has 0 atom stereocenters. The van der Waals surface area contributed by atoms with Gasteiger partial charge in [-0.15, -0.1) is 0 Å². The normalized spacial score (nSPS) is 12.8. The quantitative estimate of drug-likeness (QED) is 0.0755. The largest absolute Gasteiger partial charge is 0.465 e. The van der Waals surface area contributed by atoms with E-state index in [0.29, 0.717) is 26.7 Å². The second-order valence-electron chi connectivity index (χ2n) is 12.7. The molecule has 0 heterocycles. The number of carbonyl (C=O) groups excluding carboxylic acids is 3. The van der Waals surface area contributed by atoms with Gasteiger partial charge >= 0.3 is 11.9 Å². The van der Waals surface area contributed by atoms with Crippen molar-refractivity contribution in [1.29, 1.82) is 0 Å². The zero-order valence-corrected chi connectivity index (χ0v) is 29.6. The molecule has 5 nitrogen and oxygen atoms in total. The van der Waals surface area contributed by atoms with Gasteiger partial charge in [0, 0.05) is 15.5 Å². The summed E-state index contributed by atoms with van der Waals surface area (Å²) in [6.45, 7) is 4.49. The summed E-state index contributed by atoms with van der Waals surface area (Å²) in [5.74, 6) is -0.961. The van der Waals surface area contributed by atoms with Crippen LogP contribution in [0.25, 0.3) is 22.3 Å². The zero-order chi connectivity index (χ0) is 33.1. The van der Waals surface area contributed by atoms with Crippen LogP contribution in [0.2, 0.25) is 0 Å². The number of unbranched alkanes of at least 4 members (excludes halogenated alkanes) is 10. The summed E-state index contributed by atoms with van der Waals surface area (Å²) in [5, 5.41) is 0. The number of carbonyl (C=O) groups is 3. The molecule has 0 bridgehead atoms. The van der Waals surface area contributed by atoms with Gasteiger partial charge in [-0.3, -0.25) is 4.79 Å². The third-order valence-corrected chi connectivity index (χ3v) is 10.3. The van der Waals surface area contributed by atoms with Crippen molar-refractivity contribution in [3.63, 3.8) is 0 Å². The molecule has 0 amide bonds. The number of hydrogen-bond acceptors (Lipinski definition) is 5. The Kier molecular flexibility index (Phi) is 13.2. The van der Waals surface area contributed by atoms with Crippen LogP contribution in [-0.2, 0) is 14.9 Å². The predicted octanol–water partition coefficient (Wildman–Crippen LogP) is 11.3. The van der Waals surface area contributed by atoms with E-state index in [1.165, 1.54) is 101 Å². The lowest BCUT2D eigenvalue weighted by atomic mass is 9.70. The molecule has 0 saturated carbocycles. The monoisotopic (exact) mass is 688 g/mol. The molecule has 0 fully saturated rings. The zero-order valence-electron chi connectivity index (χ0n) is 28.0. The van der Waals surface area contributed by atoms with Crippen LogP contribution in [-0.4, -0.2) is 32.4 Å². The Morgan fingerprint density at radius 1 is 0.652 bits per heavy atom. The van der Waals surface area contributed by atoms with Crippen molar-refractivity contribution in [2.75, 3.05) is 14.2 Å². The Labute approximate surface area is 283 Å². The van der Waals surface area contributed by atoms with Gasteiger partial charge in [0.2, 0.25) is 0 Å². The summed E-state index contributed by atoms with van der Waals surface area (Å²) in [7, 11) is 2.71. The van der Waals surface area contributed by atoms with Gasteiger partial charge in [0.05, 0.1) is 25.3 Å². The summed E-state index contributed by atoms with van der Waals surface area (Å²) >= 11 is 3.46. The first-order chi connectivity index (χ1) is 22.3. The highest BCUT2D eigenvalue weighted by atomic mass is 79.9. The molecule has 1 aliphatic rings. The summed E-state index contributed by atoms with van der Waals surface area (Å²) in [5.41, 5.74) is 7.47. The number of hydrogen-bond donors (Lipinski definition) is 0. The Bertz CT molecular complexity index is 1510. The van der Waals surface area contributed by atoms with E-state index in [2.05, 4.69) is 54.0 Å². The van der Waals surface area contributed by atoms with E-state index in [0.717, 1.165) is 37.5 Å². The van der Waals surface area contributed by atoms with Crippen LogP contribution in [0.3, 0.4) is 0 Å². The Hall–Kier alpha value is -3.25. The maximum Gasteiger partial charge on any atom is 0.339 e. The van der Waals surface area contributed by atoms with E-state index in [1.807, 2.05) is 12.1 Å². The molecule has 0 radical (unpaired) electrons. The number of fused-ring (bicyclic) bond motifs is 3. The minimum Gasteiger partial charge on any atom is -0.465 e. The predicted molar refractivity (Wildman–Crippen MR) is 190 cm³/mol. The van der Waals surface area contributed by atoms with E-state index in [4.69, 9.17) is 9.47 Å². The van der Waals surface area contributed by atoms with Crippen molar-refractivity contribution < 1.29 is 23.9 Å². The van der Waals surface area contributed by atoms with Gasteiger partial charge in [0.1, 0.15) is 6.29 Å². The van der Waals surface area contributed by atoms with Crippen molar-refractivity contribution in [3.8, 4) is 22.3 Å². The molecule has 4 rings (SSSR count). The lowest BCUT2D eigenvalue weighted by Crippen LogP contribution is -2.26. The van der Waals surface area contributed by atoms with Crippen LogP contribution < -0.4 is 0 Å². The van der Waals surface area contributed by atoms with Crippen LogP contribution in [0.1, 0.15) is 146 Å². The van der Waals surface area contributed by atoms with Gasteiger partial charge in [-0.25, -0.2) is 9.59 Å². The molecule has 0 saturated heterocycles. The lowest BCUT2D eigenvalue weighted by molar-refractivity contribution is 0.0586. The number of halogens is 1. The summed E-state index contributed by atoms with van der Waals surface area (Å²) < 4.78 is 10.7. The Morgan fingerprint density at radius 2 is 1.17 bits per heavy atom. The number of ether oxygens (including phenoxy) is 2. The standard InChI is InChI=1S/C40H49BrO5/c1-5-7-9-11-13-15-21-40(22-16-14-12-10-8-6-2)35-23-28(27-42)17-19-30(35)31-20-18-29(24-36(31)40)32-25-34(39(44)46-4)37(41)26-33(32)38(43)45-3/h17-20,23-27H,5-16,21-22H2,1-4H3. The van der Waals surface area contributed by atoms with Gasteiger partial charge in [-0.1, -0.05) is 115 Å². The van der Waals surface area contributed by atoms with Crippen LogP contribution in [0, 0.1) is 0 Å². The highest BCUT2D eigenvalue weighted by Crippen LogP contribution is 2.55. The number of benzene rings is 3. The number of methoxy groups -OCH3 is 2. The molecule has 6 heteroatoms. The molecule has 0 aromatic heterocycles. The van der Waals surface area contributed by atoms with Crippen LogP contribution in [0.4, 0.5) is 0 Å². The fraction of sp³-hybridized carbons (Fsp3) is 0.475. The van der Waals surface area contributed by atoms with Crippen molar-refractivity contribution in [2.24, 2.45) is 0 Å². The fourth-order valence-corrected chi connectivity index (χ4v) is 7.69. The maximum atomic E-state index is 13.0. The molecular weight excluding hydrogens is 640 g/mol. The minimum absolute atomic E-state index is 0.249. The van der Waals surface area contributed by atoms with Gasteiger partial charge in [-0.2, -0.15) is 0 Å². The highest BCUT2D eigenvalue weighted by Gasteiger charge is 2.42. The van der Waals surface area contributed by atoms with Gasteiger partial charge in [-0.05, 0) is 86.4 Å². The Balaban J connectivity index is 1.86. The number of esters is 2. The Morgan fingerprint density at radius 3 is 1.74 bits per heavy atom. The van der Waals surface area contributed by atoms with Gasteiger partial charge in [0.15, 0.2) is 0 Å². The van der Waals surface area contributed by atoms with E-state index in [-0.39, 0.29) is 5.41 Å². The molecule has 3 aromatic rings. The third-order valence-electron chi connectivity index (χ3n) is 9.66. The molecule has 0 aliphatic heterocycles. The summed E-state index contributed by atoms with van der Waals surface area (Å²) in [6.07, 6.45) is 17.5. The molecule has 46 heavy (non-hydrogen) atoms. The van der Waals surface area contributed by atoms with Crippen molar-refractivity contribution in [1.82, 2.24) is 0 Å². The fourth-order valence-electron chi connectivity index (χ4n) is 7.19. The highest BCUT2D eigenvalue weighted by molar-refractivity contribution is 9.10. The number of rotatable bonds is 18. The van der Waals surface area contributed by atoms with Crippen LogP contribution in [0.15, 0.2) is 53.0 Å². The summed E-state index contributed by atoms with van der Waals surface area (Å²) in [6, 6.07) is 15.9. The SMILES string of the molecule is CCCCCCCCC1(CCCCCCCC)c2cc(C=O)ccc2-c2ccc(-c3cc(C(=O)OC)c(Br)cc3C(=O)OC)cc21.